The van der Waals surface area contributed by atoms with E-state index in [0.717, 1.165) is 0 Å². The Labute approximate surface area is 109 Å². The maximum absolute atomic E-state index is 10.2. The van der Waals surface area contributed by atoms with Crippen molar-refractivity contribution < 1.29 is 14.9 Å². The van der Waals surface area contributed by atoms with Gasteiger partial charge in [-0.1, -0.05) is 0 Å². The van der Waals surface area contributed by atoms with Crippen LogP contribution in [0.25, 0.3) is 11.2 Å². The third kappa shape index (κ3) is 1.99. The molecule has 1 saturated carbocycles. The summed E-state index contributed by atoms with van der Waals surface area (Å²) in [5, 5.41) is 20.2. The van der Waals surface area contributed by atoms with Crippen molar-refractivity contribution in [3.05, 3.63) is 18.9 Å². The van der Waals surface area contributed by atoms with E-state index in [1.54, 1.807) is 24.2 Å². The van der Waals surface area contributed by atoms with Gasteiger partial charge in [0.15, 0.2) is 5.65 Å². The van der Waals surface area contributed by atoms with Gasteiger partial charge in [0.05, 0.1) is 31.3 Å². The smallest absolute Gasteiger partial charge is 0.163 e. The number of fused-ring (bicyclic) bond motifs is 1. The second-order valence-corrected chi connectivity index (χ2v) is 4.88. The Morgan fingerprint density at radius 3 is 3.00 bits per heavy atom. The molecule has 0 unspecified atom stereocenters. The zero-order chi connectivity index (χ0) is 13.4. The monoisotopic (exact) mass is 264 g/mol. The molecule has 4 atom stereocenters. The van der Waals surface area contributed by atoms with Crippen LogP contribution in [0.1, 0.15) is 12.5 Å². The summed E-state index contributed by atoms with van der Waals surface area (Å²) in [6.07, 6.45) is 3.71. The van der Waals surface area contributed by atoms with E-state index in [1.165, 1.54) is 6.33 Å². The van der Waals surface area contributed by atoms with E-state index >= 15 is 0 Å². The highest BCUT2D eigenvalue weighted by Crippen LogP contribution is 2.36. The number of hydrogen-bond donors (Lipinski definition) is 2. The second kappa shape index (κ2) is 4.84. The molecule has 0 saturated heterocycles. The van der Waals surface area contributed by atoms with Crippen molar-refractivity contribution >= 4 is 11.2 Å². The van der Waals surface area contributed by atoms with Crippen molar-refractivity contribution in [1.29, 1.82) is 0 Å². The first-order valence-electron chi connectivity index (χ1n) is 6.20. The largest absolute Gasteiger partial charge is 0.390 e. The highest BCUT2D eigenvalue weighted by atomic mass is 16.5. The molecule has 0 bridgehead atoms. The Balaban J connectivity index is 1.94. The molecule has 7 heteroatoms. The van der Waals surface area contributed by atoms with E-state index in [4.69, 9.17) is 4.74 Å². The summed E-state index contributed by atoms with van der Waals surface area (Å²) in [4.78, 5) is 12.3. The fourth-order valence-corrected chi connectivity index (χ4v) is 2.78. The van der Waals surface area contributed by atoms with E-state index in [9.17, 15) is 10.2 Å². The van der Waals surface area contributed by atoms with Crippen LogP contribution in [0.3, 0.4) is 0 Å². The summed E-state index contributed by atoms with van der Waals surface area (Å²) < 4.78 is 6.88. The summed E-state index contributed by atoms with van der Waals surface area (Å²) >= 11 is 0. The van der Waals surface area contributed by atoms with E-state index in [1.807, 2.05) is 0 Å². The van der Waals surface area contributed by atoms with Crippen LogP contribution >= 0.6 is 0 Å². The zero-order valence-corrected chi connectivity index (χ0v) is 10.5. The Kier molecular flexibility index (Phi) is 3.17. The first kappa shape index (κ1) is 12.5. The maximum Gasteiger partial charge on any atom is 0.163 e. The number of methoxy groups -OCH3 is 1. The Morgan fingerprint density at radius 1 is 1.37 bits per heavy atom. The first-order chi connectivity index (χ1) is 9.22. The third-order valence-corrected chi connectivity index (χ3v) is 3.75. The Morgan fingerprint density at radius 2 is 2.21 bits per heavy atom. The van der Waals surface area contributed by atoms with Gasteiger partial charge in [0.1, 0.15) is 17.9 Å². The predicted molar refractivity (Wildman–Crippen MR) is 66.4 cm³/mol. The molecule has 0 aromatic carbocycles. The molecule has 1 aliphatic rings. The summed E-state index contributed by atoms with van der Waals surface area (Å²) in [6.45, 7) is 0.427. The molecule has 2 aromatic heterocycles. The minimum Gasteiger partial charge on any atom is -0.390 e. The van der Waals surface area contributed by atoms with E-state index in [2.05, 4.69) is 15.0 Å². The molecular weight excluding hydrogens is 248 g/mol. The van der Waals surface area contributed by atoms with Crippen LogP contribution in [-0.2, 0) is 4.74 Å². The van der Waals surface area contributed by atoms with Crippen LogP contribution in [0, 0.1) is 5.92 Å². The molecule has 0 amide bonds. The molecule has 102 valence electrons. The van der Waals surface area contributed by atoms with Gasteiger partial charge in [-0.25, -0.2) is 15.0 Å². The molecule has 1 aliphatic carbocycles. The summed E-state index contributed by atoms with van der Waals surface area (Å²) in [5.41, 5.74) is 1.35. The highest BCUT2D eigenvalue weighted by Gasteiger charge is 2.42. The molecular formula is C12H16N4O3. The standard InChI is InChI=1S/C12H16N4O3/c1-19-4-7-2-9(11(18)10(7)17)16-6-15-8-3-13-5-14-12(8)16/h3,5-7,9-11,17-18H,2,4H2,1H3/t7-,9-,10-,11+/m1/s1. The van der Waals surface area contributed by atoms with E-state index < -0.39 is 12.2 Å². The Bertz CT molecular complexity index is 573. The van der Waals surface area contributed by atoms with Gasteiger partial charge in [-0.05, 0) is 6.42 Å². The van der Waals surface area contributed by atoms with Gasteiger partial charge in [0, 0.05) is 13.0 Å². The fourth-order valence-electron chi connectivity index (χ4n) is 2.78. The van der Waals surface area contributed by atoms with Gasteiger partial charge in [0.2, 0.25) is 0 Å². The maximum atomic E-state index is 10.2. The first-order valence-corrected chi connectivity index (χ1v) is 6.20. The lowest BCUT2D eigenvalue weighted by atomic mass is 10.1. The minimum atomic E-state index is -0.840. The number of aliphatic hydroxyl groups is 2. The number of ether oxygens (including phenoxy) is 1. The zero-order valence-electron chi connectivity index (χ0n) is 10.5. The molecule has 19 heavy (non-hydrogen) atoms. The normalized spacial score (nSPS) is 31.1. The molecule has 2 heterocycles. The van der Waals surface area contributed by atoms with Crippen LogP contribution in [0.2, 0.25) is 0 Å². The van der Waals surface area contributed by atoms with Gasteiger partial charge in [-0.2, -0.15) is 0 Å². The van der Waals surface area contributed by atoms with Crippen molar-refractivity contribution in [2.75, 3.05) is 13.7 Å². The van der Waals surface area contributed by atoms with Crippen LogP contribution in [0.5, 0.6) is 0 Å². The highest BCUT2D eigenvalue weighted by molar-refractivity contribution is 5.69. The van der Waals surface area contributed by atoms with Crippen molar-refractivity contribution in [2.24, 2.45) is 5.92 Å². The molecule has 0 radical (unpaired) electrons. The molecule has 0 spiro atoms. The number of rotatable bonds is 3. The molecule has 7 nitrogen and oxygen atoms in total. The molecule has 3 rings (SSSR count). The van der Waals surface area contributed by atoms with Gasteiger partial charge in [-0.3, -0.25) is 0 Å². The fraction of sp³-hybridized carbons (Fsp3) is 0.583. The lowest BCUT2D eigenvalue weighted by Gasteiger charge is -2.18. The molecule has 2 N–H and O–H groups in total. The minimum absolute atomic E-state index is 0.0794. The Hall–Kier alpha value is -1.57. The van der Waals surface area contributed by atoms with Crippen LogP contribution < -0.4 is 0 Å². The van der Waals surface area contributed by atoms with Crippen molar-refractivity contribution in [3.63, 3.8) is 0 Å². The van der Waals surface area contributed by atoms with Crippen molar-refractivity contribution in [1.82, 2.24) is 19.5 Å². The van der Waals surface area contributed by atoms with Crippen LogP contribution in [0.4, 0.5) is 0 Å². The summed E-state index contributed by atoms with van der Waals surface area (Å²) in [5.74, 6) is -0.0794. The average molecular weight is 264 g/mol. The van der Waals surface area contributed by atoms with E-state index in [-0.39, 0.29) is 12.0 Å². The number of hydrogen-bond acceptors (Lipinski definition) is 6. The molecule has 1 fully saturated rings. The number of imidazole rings is 1. The lowest BCUT2D eigenvalue weighted by molar-refractivity contribution is -0.00886. The van der Waals surface area contributed by atoms with Crippen molar-refractivity contribution in [2.45, 2.75) is 24.7 Å². The topological polar surface area (TPSA) is 93.3 Å². The molecule has 2 aromatic rings. The number of nitrogens with zero attached hydrogens (tertiary/aromatic N) is 4. The van der Waals surface area contributed by atoms with E-state index in [0.29, 0.717) is 24.2 Å². The molecule has 0 aliphatic heterocycles. The van der Waals surface area contributed by atoms with Gasteiger partial charge in [-0.15, -0.1) is 0 Å². The summed E-state index contributed by atoms with van der Waals surface area (Å²) in [7, 11) is 1.59. The lowest BCUT2D eigenvalue weighted by Crippen LogP contribution is -2.30. The van der Waals surface area contributed by atoms with Gasteiger partial charge in [0.25, 0.3) is 0 Å². The summed E-state index contributed by atoms with van der Waals surface area (Å²) in [6, 6.07) is -0.241. The predicted octanol–water partition coefficient (Wildman–Crippen LogP) is -0.244. The van der Waals surface area contributed by atoms with Crippen LogP contribution in [-0.4, -0.2) is 55.7 Å². The van der Waals surface area contributed by atoms with Crippen LogP contribution in [0.15, 0.2) is 18.9 Å². The number of aliphatic hydroxyl groups excluding tert-OH is 2. The van der Waals surface area contributed by atoms with Gasteiger partial charge < -0.3 is 19.5 Å². The SMILES string of the molecule is COC[C@H]1C[C@@H](n2cnc3cncnc32)[C@H](O)[C@@H]1O. The average Bonchev–Trinajstić information content (AvgIpc) is 2.96. The second-order valence-electron chi connectivity index (χ2n) is 4.88. The quantitative estimate of drug-likeness (QED) is 0.794. The number of aromatic nitrogens is 4. The third-order valence-electron chi connectivity index (χ3n) is 3.75. The van der Waals surface area contributed by atoms with Crippen molar-refractivity contribution in [3.8, 4) is 0 Å². The van der Waals surface area contributed by atoms with Gasteiger partial charge >= 0.3 is 0 Å².